The Balaban J connectivity index is 2.01. The van der Waals surface area contributed by atoms with Crippen LogP contribution >= 0.6 is 23.4 Å². The first-order chi connectivity index (χ1) is 13.4. The van der Waals surface area contributed by atoms with Gasteiger partial charge in [-0.05, 0) is 61.2 Å². The summed E-state index contributed by atoms with van der Waals surface area (Å²) in [6.45, 7) is 6.62. The number of hydrogen-bond donors (Lipinski definition) is 0. The fourth-order valence-electron chi connectivity index (χ4n) is 3.14. The van der Waals surface area contributed by atoms with Crippen molar-refractivity contribution in [2.24, 2.45) is 0 Å². The Hall–Kier alpha value is -2.04. The molecule has 0 N–H and O–H groups in total. The smallest absolute Gasteiger partial charge is 0.268 e. The molecule has 1 aliphatic heterocycles. The molecule has 0 aromatic heterocycles. The summed E-state index contributed by atoms with van der Waals surface area (Å²) in [7, 11) is 0. The Morgan fingerprint density at radius 2 is 1.64 bits per heavy atom. The minimum absolute atomic E-state index is 0.194. The highest BCUT2D eigenvalue weighted by atomic mass is 35.5. The SMILES string of the molecule is CCCCCN1C(=O)C(Sc2ccc(Cl)cc2)=C(c2ccc(C)c(C)c2)C1=O. The number of carbonyl (C=O) groups excluding carboxylic acids is 2. The van der Waals surface area contributed by atoms with E-state index in [1.165, 1.54) is 16.7 Å². The van der Waals surface area contributed by atoms with Gasteiger partial charge < -0.3 is 0 Å². The number of aryl methyl sites for hydroxylation is 2. The van der Waals surface area contributed by atoms with Crippen molar-refractivity contribution in [2.75, 3.05) is 6.54 Å². The molecule has 0 unspecified atom stereocenters. The Bertz CT molecular complexity index is 934. The Kier molecular flexibility index (Phi) is 6.63. The lowest BCUT2D eigenvalue weighted by molar-refractivity contribution is -0.136. The second-order valence-electron chi connectivity index (χ2n) is 7.03. The lowest BCUT2D eigenvalue weighted by atomic mass is 10.0. The monoisotopic (exact) mass is 413 g/mol. The maximum absolute atomic E-state index is 13.2. The first-order valence-corrected chi connectivity index (χ1v) is 10.7. The molecule has 1 aliphatic rings. The van der Waals surface area contributed by atoms with Gasteiger partial charge in [0.05, 0.1) is 10.5 Å². The quantitative estimate of drug-likeness (QED) is 0.411. The van der Waals surface area contributed by atoms with Crippen LogP contribution in [0, 0.1) is 13.8 Å². The molecule has 2 aromatic carbocycles. The molecule has 2 aromatic rings. The summed E-state index contributed by atoms with van der Waals surface area (Å²) in [6, 6.07) is 13.3. The topological polar surface area (TPSA) is 37.4 Å². The molecule has 3 rings (SSSR count). The fraction of sp³-hybridized carbons (Fsp3) is 0.304. The summed E-state index contributed by atoms with van der Waals surface area (Å²) in [5, 5.41) is 0.641. The number of unbranched alkanes of at least 4 members (excludes halogenated alkanes) is 2. The molecular formula is C23H24ClNO2S. The van der Waals surface area contributed by atoms with Crippen LogP contribution in [0.2, 0.25) is 5.02 Å². The fourth-order valence-corrected chi connectivity index (χ4v) is 4.28. The van der Waals surface area contributed by atoms with E-state index in [0.29, 0.717) is 22.0 Å². The third-order valence-corrected chi connectivity index (χ3v) is 6.28. The number of thioether (sulfide) groups is 1. The van der Waals surface area contributed by atoms with Crippen molar-refractivity contribution in [1.82, 2.24) is 4.90 Å². The standard InChI is InChI=1S/C23H24ClNO2S/c1-4-5-6-13-25-22(26)20(17-8-7-15(2)16(3)14-17)21(23(25)27)28-19-11-9-18(24)10-12-19/h7-12,14H,4-6,13H2,1-3H3. The lowest BCUT2D eigenvalue weighted by Crippen LogP contribution is -2.32. The van der Waals surface area contributed by atoms with E-state index in [1.807, 2.05) is 44.2 Å². The van der Waals surface area contributed by atoms with Gasteiger partial charge >= 0.3 is 0 Å². The molecule has 0 radical (unpaired) electrons. The van der Waals surface area contributed by atoms with E-state index in [9.17, 15) is 9.59 Å². The summed E-state index contributed by atoms with van der Waals surface area (Å²) in [6.07, 6.45) is 2.86. The molecule has 1 heterocycles. The van der Waals surface area contributed by atoms with E-state index >= 15 is 0 Å². The minimum atomic E-state index is -0.200. The molecule has 2 amide bonds. The van der Waals surface area contributed by atoms with Gasteiger partial charge in [-0.15, -0.1) is 0 Å². The zero-order valence-corrected chi connectivity index (χ0v) is 18.0. The predicted octanol–water partition coefficient (Wildman–Crippen LogP) is 6.02. The average Bonchev–Trinajstić information content (AvgIpc) is 2.90. The first-order valence-electron chi connectivity index (χ1n) is 9.54. The lowest BCUT2D eigenvalue weighted by Gasteiger charge is -2.14. The first kappa shape index (κ1) is 20.7. The van der Waals surface area contributed by atoms with E-state index in [2.05, 4.69) is 6.92 Å². The second-order valence-corrected chi connectivity index (χ2v) is 8.55. The van der Waals surface area contributed by atoms with Gasteiger partial charge in [-0.3, -0.25) is 14.5 Å². The number of carbonyl (C=O) groups is 2. The maximum atomic E-state index is 13.2. The largest absolute Gasteiger partial charge is 0.274 e. The molecule has 0 saturated heterocycles. The predicted molar refractivity (Wildman–Crippen MR) is 116 cm³/mol. The third kappa shape index (κ3) is 4.34. The van der Waals surface area contributed by atoms with Crippen LogP contribution in [0.3, 0.4) is 0 Å². The Morgan fingerprint density at radius 1 is 0.929 bits per heavy atom. The number of halogens is 1. The average molecular weight is 414 g/mol. The number of benzene rings is 2. The van der Waals surface area contributed by atoms with Crippen LogP contribution in [-0.4, -0.2) is 23.3 Å². The molecule has 0 fully saturated rings. The van der Waals surface area contributed by atoms with Crippen LogP contribution in [-0.2, 0) is 9.59 Å². The summed E-state index contributed by atoms with van der Waals surface area (Å²) in [4.78, 5) is 29.1. The number of hydrogen-bond acceptors (Lipinski definition) is 3. The van der Waals surface area contributed by atoms with Crippen molar-refractivity contribution < 1.29 is 9.59 Å². The van der Waals surface area contributed by atoms with Gasteiger partial charge in [-0.25, -0.2) is 0 Å². The van der Waals surface area contributed by atoms with E-state index in [0.717, 1.165) is 40.8 Å². The van der Waals surface area contributed by atoms with Crippen LogP contribution in [0.5, 0.6) is 0 Å². The third-order valence-electron chi connectivity index (χ3n) is 4.94. The van der Waals surface area contributed by atoms with Crippen LogP contribution in [0.15, 0.2) is 52.3 Å². The molecule has 0 saturated carbocycles. The molecular weight excluding hydrogens is 390 g/mol. The van der Waals surface area contributed by atoms with Crippen molar-refractivity contribution >= 4 is 40.8 Å². The van der Waals surface area contributed by atoms with Crippen LogP contribution in [0.25, 0.3) is 5.57 Å². The molecule has 28 heavy (non-hydrogen) atoms. The molecule has 0 spiro atoms. The Labute approximate surface area is 175 Å². The van der Waals surface area contributed by atoms with Crippen molar-refractivity contribution in [3.05, 3.63) is 69.1 Å². The van der Waals surface area contributed by atoms with Crippen LogP contribution in [0.1, 0.15) is 42.9 Å². The minimum Gasteiger partial charge on any atom is -0.274 e. The zero-order valence-electron chi connectivity index (χ0n) is 16.4. The maximum Gasteiger partial charge on any atom is 0.268 e. The Morgan fingerprint density at radius 3 is 2.29 bits per heavy atom. The summed E-state index contributed by atoms with van der Waals surface area (Å²) in [5.74, 6) is -0.393. The molecule has 146 valence electrons. The van der Waals surface area contributed by atoms with Gasteiger partial charge in [-0.1, -0.05) is 61.3 Å². The zero-order chi connectivity index (χ0) is 20.3. The molecule has 3 nitrogen and oxygen atoms in total. The molecule has 5 heteroatoms. The van der Waals surface area contributed by atoms with Gasteiger partial charge in [0.15, 0.2) is 0 Å². The van der Waals surface area contributed by atoms with Gasteiger partial charge in [-0.2, -0.15) is 0 Å². The van der Waals surface area contributed by atoms with Gasteiger partial charge in [0.2, 0.25) is 0 Å². The van der Waals surface area contributed by atoms with E-state index in [1.54, 1.807) is 12.1 Å². The van der Waals surface area contributed by atoms with Crippen LogP contribution in [0.4, 0.5) is 0 Å². The van der Waals surface area contributed by atoms with Crippen molar-refractivity contribution in [3.63, 3.8) is 0 Å². The van der Waals surface area contributed by atoms with E-state index in [4.69, 9.17) is 11.6 Å². The van der Waals surface area contributed by atoms with E-state index in [-0.39, 0.29) is 11.8 Å². The van der Waals surface area contributed by atoms with Crippen LogP contribution < -0.4 is 0 Å². The van der Waals surface area contributed by atoms with E-state index < -0.39 is 0 Å². The number of rotatable bonds is 7. The molecule has 0 atom stereocenters. The van der Waals surface area contributed by atoms with Gasteiger partial charge in [0.1, 0.15) is 0 Å². The van der Waals surface area contributed by atoms with Crippen molar-refractivity contribution in [1.29, 1.82) is 0 Å². The summed E-state index contributed by atoms with van der Waals surface area (Å²) >= 11 is 7.32. The highest BCUT2D eigenvalue weighted by Crippen LogP contribution is 2.40. The van der Waals surface area contributed by atoms with Gasteiger partial charge in [0, 0.05) is 16.5 Å². The second kappa shape index (κ2) is 8.97. The number of nitrogens with zero attached hydrogens (tertiary/aromatic N) is 1. The normalized spacial score (nSPS) is 14.4. The number of imide groups is 1. The molecule has 0 bridgehead atoms. The van der Waals surface area contributed by atoms with Gasteiger partial charge in [0.25, 0.3) is 11.8 Å². The molecule has 0 aliphatic carbocycles. The number of amides is 2. The highest BCUT2D eigenvalue weighted by molar-refractivity contribution is 8.04. The summed E-state index contributed by atoms with van der Waals surface area (Å²) < 4.78 is 0. The summed E-state index contributed by atoms with van der Waals surface area (Å²) in [5.41, 5.74) is 3.57. The van der Waals surface area contributed by atoms with Crippen molar-refractivity contribution in [3.8, 4) is 0 Å². The van der Waals surface area contributed by atoms with Crippen molar-refractivity contribution in [2.45, 2.75) is 44.9 Å². The highest BCUT2D eigenvalue weighted by Gasteiger charge is 2.39.